The van der Waals surface area contributed by atoms with Crippen LogP contribution in [0.2, 0.25) is 0 Å². The van der Waals surface area contributed by atoms with Crippen molar-refractivity contribution >= 4 is 22.8 Å². The number of nitrogens with one attached hydrogen (secondary N) is 1. The van der Waals surface area contributed by atoms with Crippen LogP contribution in [0, 0.1) is 0 Å². The van der Waals surface area contributed by atoms with Crippen LogP contribution in [0.4, 0.5) is 5.82 Å². The summed E-state index contributed by atoms with van der Waals surface area (Å²) < 4.78 is 13.1. The van der Waals surface area contributed by atoms with Gasteiger partial charge in [-0.3, -0.25) is 9.38 Å². The molecule has 0 radical (unpaired) electrons. The van der Waals surface area contributed by atoms with Crippen LogP contribution < -0.4 is 14.8 Å². The SMILES string of the molecule is CCOc1ccc(-c2nc3cnccn3c2NCc2cccs2)cc1OC. The van der Waals surface area contributed by atoms with Crippen molar-refractivity contribution in [2.75, 3.05) is 19.0 Å². The Morgan fingerprint density at radius 2 is 2.15 bits per heavy atom. The second-order valence-corrected chi connectivity index (χ2v) is 6.88. The molecule has 6 nitrogen and oxygen atoms in total. The molecule has 0 saturated heterocycles. The number of imidazole rings is 1. The minimum Gasteiger partial charge on any atom is -0.493 e. The molecule has 3 aromatic heterocycles. The molecular weight excluding hydrogens is 360 g/mol. The summed E-state index contributed by atoms with van der Waals surface area (Å²) in [5.41, 5.74) is 2.59. The summed E-state index contributed by atoms with van der Waals surface area (Å²) in [6.45, 7) is 3.27. The number of hydrogen-bond donors (Lipinski definition) is 1. The third-order valence-corrected chi connectivity index (χ3v) is 5.05. The van der Waals surface area contributed by atoms with E-state index in [1.807, 2.05) is 35.7 Å². The molecule has 0 aliphatic heterocycles. The van der Waals surface area contributed by atoms with Crippen molar-refractivity contribution in [2.24, 2.45) is 0 Å². The van der Waals surface area contributed by atoms with Gasteiger partial charge in [-0.1, -0.05) is 6.07 Å². The maximum absolute atomic E-state index is 5.63. The number of anilines is 1. The highest BCUT2D eigenvalue weighted by molar-refractivity contribution is 7.09. The van der Waals surface area contributed by atoms with Gasteiger partial charge in [0, 0.05) is 22.8 Å². The highest BCUT2D eigenvalue weighted by atomic mass is 32.1. The fraction of sp³-hybridized carbons (Fsp3) is 0.200. The molecule has 1 aromatic carbocycles. The standard InChI is InChI=1S/C20H20N4O2S/c1-3-26-16-7-6-14(11-17(16)25-2)19-20(22-12-15-5-4-10-27-15)24-9-8-21-13-18(24)23-19/h4-11,13,22H,3,12H2,1-2H3. The zero-order valence-corrected chi connectivity index (χ0v) is 16.0. The lowest BCUT2D eigenvalue weighted by molar-refractivity contribution is 0.311. The smallest absolute Gasteiger partial charge is 0.161 e. The summed E-state index contributed by atoms with van der Waals surface area (Å²) in [5.74, 6) is 2.34. The lowest BCUT2D eigenvalue weighted by Gasteiger charge is -2.12. The van der Waals surface area contributed by atoms with E-state index in [2.05, 4.69) is 27.8 Å². The van der Waals surface area contributed by atoms with Crippen molar-refractivity contribution in [1.29, 1.82) is 0 Å². The molecule has 1 N–H and O–H groups in total. The molecule has 7 heteroatoms. The Balaban J connectivity index is 1.77. The van der Waals surface area contributed by atoms with Gasteiger partial charge in [-0.25, -0.2) is 4.98 Å². The Bertz CT molecular complexity index is 1040. The van der Waals surface area contributed by atoms with Crippen LogP contribution in [0.15, 0.2) is 54.3 Å². The predicted octanol–water partition coefficient (Wildman–Crippen LogP) is 4.48. The fourth-order valence-corrected chi connectivity index (χ4v) is 3.60. The van der Waals surface area contributed by atoms with Gasteiger partial charge in [0.25, 0.3) is 0 Å². The van der Waals surface area contributed by atoms with Gasteiger partial charge in [0.15, 0.2) is 17.1 Å². The Kier molecular flexibility index (Phi) is 4.93. The van der Waals surface area contributed by atoms with Crippen molar-refractivity contribution in [1.82, 2.24) is 14.4 Å². The quantitative estimate of drug-likeness (QED) is 0.512. The summed E-state index contributed by atoms with van der Waals surface area (Å²) >= 11 is 1.72. The van der Waals surface area contributed by atoms with Crippen molar-refractivity contribution in [3.8, 4) is 22.8 Å². The van der Waals surface area contributed by atoms with Crippen LogP contribution in [-0.2, 0) is 6.54 Å². The highest BCUT2D eigenvalue weighted by Crippen LogP contribution is 2.35. The first-order valence-electron chi connectivity index (χ1n) is 8.69. The van der Waals surface area contributed by atoms with Crippen LogP contribution in [0.5, 0.6) is 11.5 Å². The monoisotopic (exact) mass is 380 g/mol. The zero-order valence-electron chi connectivity index (χ0n) is 15.2. The van der Waals surface area contributed by atoms with Gasteiger partial charge in [0.2, 0.25) is 0 Å². The Morgan fingerprint density at radius 1 is 1.22 bits per heavy atom. The Labute approximate surface area is 161 Å². The molecule has 0 spiro atoms. The summed E-state index contributed by atoms with van der Waals surface area (Å²) in [6, 6.07) is 10.0. The van der Waals surface area contributed by atoms with Crippen LogP contribution in [0.25, 0.3) is 16.9 Å². The van der Waals surface area contributed by atoms with E-state index in [1.165, 1.54) is 4.88 Å². The first-order chi connectivity index (χ1) is 13.3. The average Bonchev–Trinajstić information content (AvgIpc) is 3.34. The molecule has 0 fully saturated rings. The van der Waals surface area contributed by atoms with E-state index < -0.39 is 0 Å². The topological polar surface area (TPSA) is 60.7 Å². The predicted molar refractivity (Wildman–Crippen MR) is 108 cm³/mol. The lowest BCUT2D eigenvalue weighted by atomic mass is 10.1. The molecule has 0 aliphatic carbocycles. The number of aromatic nitrogens is 3. The van der Waals surface area contributed by atoms with E-state index in [9.17, 15) is 0 Å². The van der Waals surface area contributed by atoms with Crippen LogP contribution in [-0.4, -0.2) is 28.1 Å². The third kappa shape index (κ3) is 3.46. The lowest BCUT2D eigenvalue weighted by Crippen LogP contribution is -2.02. The van der Waals surface area contributed by atoms with Crippen LogP contribution in [0.3, 0.4) is 0 Å². The summed E-state index contributed by atoms with van der Waals surface area (Å²) in [5, 5.41) is 5.60. The normalized spacial score (nSPS) is 10.9. The second kappa shape index (κ2) is 7.67. The highest BCUT2D eigenvalue weighted by Gasteiger charge is 2.16. The first kappa shape index (κ1) is 17.4. The van der Waals surface area contributed by atoms with E-state index in [1.54, 1.807) is 30.8 Å². The number of nitrogens with zero attached hydrogens (tertiary/aromatic N) is 3. The van der Waals surface area contributed by atoms with E-state index in [-0.39, 0.29) is 0 Å². The fourth-order valence-electron chi connectivity index (χ4n) is 2.95. The maximum Gasteiger partial charge on any atom is 0.161 e. The zero-order chi connectivity index (χ0) is 18.6. The van der Waals surface area contributed by atoms with E-state index in [0.717, 1.165) is 35.0 Å². The van der Waals surface area contributed by atoms with Crippen molar-refractivity contribution < 1.29 is 9.47 Å². The van der Waals surface area contributed by atoms with Gasteiger partial charge >= 0.3 is 0 Å². The van der Waals surface area contributed by atoms with E-state index in [4.69, 9.17) is 14.5 Å². The molecule has 138 valence electrons. The first-order valence-corrected chi connectivity index (χ1v) is 9.57. The van der Waals surface area contributed by atoms with Gasteiger partial charge < -0.3 is 14.8 Å². The second-order valence-electron chi connectivity index (χ2n) is 5.85. The Morgan fingerprint density at radius 3 is 2.93 bits per heavy atom. The number of thiophene rings is 1. The number of methoxy groups -OCH3 is 1. The number of benzene rings is 1. The van der Waals surface area contributed by atoms with Crippen molar-refractivity contribution in [2.45, 2.75) is 13.5 Å². The van der Waals surface area contributed by atoms with Crippen LogP contribution >= 0.6 is 11.3 Å². The van der Waals surface area contributed by atoms with Gasteiger partial charge in [-0.05, 0) is 36.6 Å². The van der Waals surface area contributed by atoms with E-state index >= 15 is 0 Å². The molecule has 0 amide bonds. The van der Waals surface area contributed by atoms with Crippen molar-refractivity contribution in [3.05, 3.63) is 59.2 Å². The average molecular weight is 380 g/mol. The molecule has 0 saturated carbocycles. The number of fused-ring (bicyclic) bond motifs is 1. The third-order valence-electron chi connectivity index (χ3n) is 4.18. The minimum atomic E-state index is 0.587. The molecule has 3 heterocycles. The molecule has 27 heavy (non-hydrogen) atoms. The summed E-state index contributed by atoms with van der Waals surface area (Å²) in [7, 11) is 1.64. The Hall–Kier alpha value is -3.06. The molecule has 4 rings (SSSR count). The summed E-state index contributed by atoms with van der Waals surface area (Å²) in [6.07, 6.45) is 5.42. The molecule has 4 aromatic rings. The minimum absolute atomic E-state index is 0.587. The van der Waals surface area contributed by atoms with Gasteiger partial charge in [0.1, 0.15) is 11.5 Å². The molecule has 0 aliphatic rings. The molecule has 0 bridgehead atoms. The van der Waals surface area contributed by atoms with Gasteiger partial charge in [-0.2, -0.15) is 0 Å². The number of hydrogen-bond acceptors (Lipinski definition) is 6. The van der Waals surface area contributed by atoms with Gasteiger partial charge in [-0.15, -0.1) is 11.3 Å². The molecular formula is C20H20N4O2S. The van der Waals surface area contributed by atoms with Crippen LogP contribution in [0.1, 0.15) is 11.8 Å². The van der Waals surface area contributed by atoms with Gasteiger partial charge in [0.05, 0.1) is 26.5 Å². The number of rotatable bonds is 7. The van der Waals surface area contributed by atoms with E-state index in [0.29, 0.717) is 12.4 Å². The largest absolute Gasteiger partial charge is 0.493 e. The summed E-state index contributed by atoms with van der Waals surface area (Å²) in [4.78, 5) is 10.2. The number of ether oxygens (including phenoxy) is 2. The van der Waals surface area contributed by atoms with Crippen molar-refractivity contribution in [3.63, 3.8) is 0 Å². The molecule has 0 atom stereocenters. The maximum atomic E-state index is 5.63. The molecule has 0 unspecified atom stereocenters.